The summed E-state index contributed by atoms with van der Waals surface area (Å²) >= 11 is 0. The first-order valence-electron chi connectivity index (χ1n) is 7.27. The molecule has 2 amide bonds. The summed E-state index contributed by atoms with van der Waals surface area (Å²) < 4.78 is 15.1. The van der Waals surface area contributed by atoms with Gasteiger partial charge in [-0.2, -0.15) is 0 Å². The Morgan fingerprint density at radius 3 is 2.38 bits per heavy atom. The maximum absolute atomic E-state index is 12.4. The van der Waals surface area contributed by atoms with E-state index in [2.05, 4.69) is 5.32 Å². The SMILES string of the molecule is CCC(C)(NC(=O)c1ccc(OCC(N)=O)c(OC)c1)C(=O)OC. The van der Waals surface area contributed by atoms with Crippen molar-refractivity contribution in [2.45, 2.75) is 25.8 Å². The molecule has 1 aromatic rings. The molecule has 0 heterocycles. The Kier molecular flexibility index (Phi) is 6.58. The van der Waals surface area contributed by atoms with Gasteiger partial charge in [-0.25, -0.2) is 4.79 Å². The van der Waals surface area contributed by atoms with Crippen LogP contribution in [0.15, 0.2) is 18.2 Å². The third kappa shape index (κ3) is 4.61. The molecule has 0 bridgehead atoms. The maximum atomic E-state index is 12.4. The molecule has 0 aliphatic carbocycles. The van der Waals surface area contributed by atoms with E-state index in [1.54, 1.807) is 13.8 Å². The van der Waals surface area contributed by atoms with E-state index in [-0.39, 0.29) is 23.7 Å². The number of ether oxygens (including phenoxy) is 3. The molecule has 0 fully saturated rings. The molecular weight excluding hydrogens is 316 g/mol. The summed E-state index contributed by atoms with van der Waals surface area (Å²) in [5, 5.41) is 2.65. The fourth-order valence-corrected chi connectivity index (χ4v) is 1.91. The second kappa shape index (κ2) is 8.19. The van der Waals surface area contributed by atoms with Crippen LogP contribution >= 0.6 is 0 Å². The van der Waals surface area contributed by atoms with Gasteiger partial charge in [-0.05, 0) is 31.5 Å². The fourth-order valence-electron chi connectivity index (χ4n) is 1.91. The van der Waals surface area contributed by atoms with E-state index < -0.39 is 23.3 Å². The highest BCUT2D eigenvalue weighted by Crippen LogP contribution is 2.28. The smallest absolute Gasteiger partial charge is 0.331 e. The minimum Gasteiger partial charge on any atom is -0.493 e. The molecule has 0 saturated carbocycles. The van der Waals surface area contributed by atoms with E-state index in [9.17, 15) is 14.4 Å². The number of hydrogen-bond donors (Lipinski definition) is 2. The molecule has 0 saturated heterocycles. The zero-order valence-electron chi connectivity index (χ0n) is 14.2. The molecule has 1 aromatic carbocycles. The van der Waals surface area contributed by atoms with Crippen molar-refractivity contribution in [3.8, 4) is 11.5 Å². The van der Waals surface area contributed by atoms with Crippen LogP contribution in [0, 0.1) is 0 Å². The van der Waals surface area contributed by atoms with E-state index in [4.69, 9.17) is 19.9 Å². The molecule has 8 nitrogen and oxygen atoms in total. The molecular formula is C16H22N2O6. The standard InChI is InChI=1S/C16H22N2O6/c1-5-16(2,15(21)23-4)18-14(20)10-6-7-11(12(8-10)22-3)24-9-13(17)19/h6-8H,5,9H2,1-4H3,(H2,17,19)(H,18,20). The number of nitrogens with one attached hydrogen (secondary N) is 1. The van der Waals surface area contributed by atoms with Crippen LogP contribution in [0.3, 0.4) is 0 Å². The summed E-state index contributed by atoms with van der Waals surface area (Å²) in [5.74, 6) is -1.09. The Balaban J connectivity index is 2.99. The van der Waals surface area contributed by atoms with Crippen molar-refractivity contribution in [1.82, 2.24) is 5.32 Å². The van der Waals surface area contributed by atoms with Crippen molar-refractivity contribution in [2.24, 2.45) is 5.73 Å². The number of nitrogens with two attached hydrogens (primary N) is 1. The number of hydrogen-bond acceptors (Lipinski definition) is 6. The second-order valence-electron chi connectivity index (χ2n) is 5.25. The molecule has 1 atom stereocenters. The van der Waals surface area contributed by atoms with Crippen molar-refractivity contribution in [3.05, 3.63) is 23.8 Å². The van der Waals surface area contributed by atoms with Crippen molar-refractivity contribution in [3.63, 3.8) is 0 Å². The maximum Gasteiger partial charge on any atom is 0.331 e. The summed E-state index contributed by atoms with van der Waals surface area (Å²) in [6, 6.07) is 4.42. The zero-order valence-corrected chi connectivity index (χ0v) is 14.2. The van der Waals surface area contributed by atoms with Crippen LogP contribution in [-0.2, 0) is 14.3 Å². The number of amides is 2. The molecule has 0 aliphatic rings. The highest BCUT2D eigenvalue weighted by Gasteiger charge is 2.34. The van der Waals surface area contributed by atoms with Crippen LogP contribution in [0.25, 0.3) is 0 Å². The Morgan fingerprint density at radius 1 is 1.21 bits per heavy atom. The summed E-state index contributed by atoms with van der Waals surface area (Å²) in [4.78, 5) is 35.0. The monoisotopic (exact) mass is 338 g/mol. The fraction of sp³-hybridized carbons (Fsp3) is 0.438. The Bertz CT molecular complexity index is 631. The van der Waals surface area contributed by atoms with Gasteiger partial charge in [0.25, 0.3) is 11.8 Å². The summed E-state index contributed by atoms with van der Waals surface area (Å²) in [6.45, 7) is 3.04. The minimum absolute atomic E-state index is 0.264. The predicted octanol–water partition coefficient (Wildman–Crippen LogP) is 0.631. The molecule has 0 aliphatic heterocycles. The van der Waals surface area contributed by atoms with Crippen LogP contribution in [0.4, 0.5) is 0 Å². The van der Waals surface area contributed by atoms with Gasteiger partial charge in [0.15, 0.2) is 18.1 Å². The molecule has 1 rings (SSSR count). The van der Waals surface area contributed by atoms with Gasteiger partial charge in [0.05, 0.1) is 14.2 Å². The van der Waals surface area contributed by atoms with Gasteiger partial charge >= 0.3 is 5.97 Å². The molecule has 0 spiro atoms. The van der Waals surface area contributed by atoms with Gasteiger partial charge < -0.3 is 25.3 Å². The first-order chi connectivity index (χ1) is 11.3. The van der Waals surface area contributed by atoms with Crippen LogP contribution in [0.2, 0.25) is 0 Å². The van der Waals surface area contributed by atoms with E-state index >= 15 is 0 Å². The zero-order chi connectivity index (χ0) is 18.3. The van der Waals surface area contributed by atoms with Crippen molar-refractivity contribution in [2.75, 3.05) is 20.8 Å². The summed E-state index contributed by atoms with van der Waals surface area (Å²) in [5.41, 5.74) is 4.15. The number of carbonyl (C=O) groups excluding carboxylic acids is 3. The topological polar surface area (TPSA) is 117 Å². The largest absolute Gasteiger partial charge is 0.493 e. The quantitative estimate of drug-likeness (QED) is 0.672. The lowest BCUT2D eigenvalue weighted by molar-refractivity contribution is -0.147. The van der Waals surface area contributed by atoms with Gasteiger partial charge in [-0.3, -0.25) is 9.59 Å². The number of methoxy groups -OCH3 is 2. The number of carbonyl (C=O) groups is 3. The number of esters is 1. The molecule has 24 heavy (non-hydrogen) atoms. The van der Waals surface area contributed by atoms with Crippen LogP contribution in [0.5, 0.6) is 11.5 Å². The average Bonchev–Trinajstić information content (AvgIpc) is 2.58. The number of rotatable bonds is 8. The molecule has 0 radical (unpaired) electrons. The van der Waals surface area contributed by atoms with E-state index in [1.807, 2.05) is 0 Å². The van der Waals surface area contributed by atoms with E-state index in [1.165, 1.54) is 32.4 Å². The highest BCUT2D eigenvalue weighted by atomic mass is 16.5. The molecule has 3 N–H and O–H groups in total. The van der Waals surface area contributed by atoms with E-state index in [0.717, 1.165) is 0 Å². The lowest BCUT2D eigenvalue weighted by Gasteiger charge is -2.26. The average molecular weight is 338 g/mol. The Hall–Kier alpha value is -2.77. The Morgan fingerprint density at radius 2 is 1.88 bits per heavy atom. The first-order valence-corrected chi connectivity index (χ1v) is 7.27. The van der Waals surface area contributed by atoms with Crippen LogP contribution < -0.4 is 20.5 Å². The third-order valence-corrected chi connectivity index (χ3v) is 3.53. The molecule has 0 aromatic heterocycles. The van der Waals surface area contributed by atoms with Crippen molar-refractivity contribution >= 4 is 17.8 Å². The van der Waals surface area contributed by atoms with Gasteiger partial charge in [0.2, 0.25) is 0 Å². The minimum atomic E-state index is -1.14. The lowest BCUT2D eigenvalue weighted by Crippen LogP contribution is -2.52. The van der Waals surface area contributed by atoms with E-state index in [0.29, 0.717) is 6.42 Å². The predicted molar refractivity (Wildman–Crippen MR) is 85.9 cm³/mol. The lowest BCUT2D eigenvalue weighted by atomic mass is 9.98. The Labute approximate surface area is 140 Å². The normalized spacial score (nSPS) is 12.7. The van der Waals surface area contributed by atoms with Crippen LogP contribution in [0.1, 0.15) is 30.6 Å². The summed E-state index contributed by atoms with van der Waals surface area (Å²) in [6.07, 6.45) is 0.363. The second-order valence-corrected chi connectivity index (χ2v) is 5.25. The first kappa shape index (κ1) is 19.3. The van der Waals surface area contributed by atoms with Gasteiger partial charge in [-0.15, -0.1) is 0 Å². The van der Waals surface area contributed by atoms with Gasteiger partial charge in [0.1, 0.15) is 5.54 Å². The third-order valence-electron chi connectivity index (χ3n) is 3.53. The van der Waals surface area contributed by atoms with Crippen molar-refractivity contribution < 1.29 is 28.6 Å². The molecule has 132 valence electrons. The highest BCUT2D eigenvalue weighted by molar-refractivity contribution is 5.98. The van der Waals surface area contributed by atoms with Crippen molar-refractivity contribution in [1.29, 1.82) is 0 Å². The molecule has 8 heteroatoms. The van der Waals surface area contributed by atoms with Gasteiger partial charge in [0, 0.05) is 5.56 Å². The number of benzene rings is 1. The molecule has 1 unspecified atom stereocenters. The summed E-state index contributed by atoms with van der Waals surface area (Å²) in [7, 11) is 2.66. The van der Waals surface area contributed by atoms with Gasteiger partial charge in [-0.1, -0.05) is 6.92 Å². The number of primary amides is 1. The van der Waals surface area contributed by atoms with Crippen LogP contribution in [-0.4, -0.2) is 44.1 Å².